The molecule has 2 aromatic carbocycles. The molecule has 184 valence electrons. The third kappa shape index (κ3) is 6.26. The average molecular weight is 493 g/mol. The number of para-hydroxylation sites is 1. The van der Waals surface area contributed by atoms with Gasteiger partial charge in [0.05, 0.1) is 17.5 Å². The predicted octanol–water partition coefficient (Wildman–Crippen LogP) is 3.70. The first kappa shape index (κ1) is 24.9. The molecular formula is C27H32N4O3S. The Morgan fingerprint density at radius 1 is 0.914 bits per heavy atom. The zero-order valence-electron chi connectivity index (χ0n) is 20.3. The van der Waals surface area contributed by atoms with E-state index in [0.717, 1.165) is 18.7 Å². The number of fused-ring (bicyclic) bond motifs is 1. The topological polar surface area (TPSA) is 73.8 Å². The standard InChI is InChI=1S/C27H32N4O3S/c1-22-25(13-8-15-28-22)27(32)30-19-18-29(20-23-10-4-3-5-11-23)16-9-17-31(35(2,33)34)26-14-7-6-12-24(26)21-30/h3-8,10-15H,9,16-21H2,1-2H3. The number of carbonyl (C=O) groups excluding carboxylic acids is 1. The lowest BCUT2D eigenvalue weighted by Crippen LogP contribution is -2.38. The second-order valence-electron chi connectivity index (χ2n) is 8.94. The first-order valence-corrected chi connectivity index (χ1v) is 13.7. The number of benzene rings is 2. The molecule has 1 aliphatic heterocycles. The number of rotatable bonds is 4. The molecule has 0 N–H and O–H groups in total. The van der Waals surface area contributed by atoms with Crippen LogP contribution in [0.2, 0.25) is 0 Å². The minimum absolute atomic E-state index is 0.102. The van der Waals surface area contributed by atoms with Crippen LogP contribution < -0.4 is 4.31 Å². The van der Waals surface area contributed by atoms with Gasteiger partial charge in [-0.05, 0) is 42.7 Å². The molecule has 35 heavy (non-hydrogen) atoms. The highest BCUT2D eigenvalue weighted by Gasteiger charge is 2.25. The van der Waals surface area contributed by atoms with Crippen molar-refractivity contribution in [1.29, 1.82) is 0 Å². The van der Waals surface area contributed by atoms with E-state index in [-0.39, 0.29) is 5.91 Å². The van der Waals surface area contributed by atoms with E-state index >= 15 is 0 Å². The molecule has 0 saturated heterocycles. The van der Waals surface area contributed by atoms with Crippen LogP contribution in [0.3, 0.4) is 0 Å². The smallest absolute Gasteiger partial charge is 0.256 e. The monoisotopic (exact) mass is 492 g/mol. The van der Waals surface area contributed by atoms with Crippen LogP contribution in [0.4, 0.5) is 5.69 Å². The normalized spacial score (nSPS) is 15.8. The van der Waals surface area contributed by atoms with E-state index in [1.54, 1.807) is 18.3 Å². The highest BCUT2D eigenvalue weighted by molar-refractivity contribution is 7.92. The number of aromatic nitrogens is 1. The Labute approximate surface area is 208 Å². The molecule has 0 aliphatic carbocycles. The van der Waals surface area contributed by atoms with Crippen molar-refractivity contribution >= 4 is 21.6 Å². The van der Waals surface area contributed by atoms with Crippen LogP contribution in [-0.4, -0.2) is 61.5 Å². The summed E-state index contributed by atoms with van der Waals surface area (Å²) in [5.74, 6) is -0.102. The maximum atomic E-state index is 13.7. The maximum absolute atomic E-state index is 13.7. The van der Waals surface area contributed by atoms with Gasteiger partial charge in [-0.2, -0.15) is 0 Å². The van der Waals surface area contributed by atoms with Crippen molar-refractivity contribution in [1.82, 2.24) is 14.8 Å². The molecule has 3 aromatic rings. The number of aryl methyl sites for hydroxylation is 1. The number of amides is 1. The molecule has 0 spiro atoms. The van der Waals surface area contributed by atoms with Gasteiger partial charge in [0.2, 0.25) is 10.0 Å². The number of carbonyl (C=O) groups is 1. The molecule has 8 heteroatoms. The van der Waals surface area contributed by atoms with Gasteiger partial charge < -0.3 is 4.90 Å². The van der Waals surface area contributed by atoms with E-state index < -0.39 is 10.0 Å². The summed E-state index contributed by atoms with van der Waals surface area (Å²) in [6, 6.07) is 21.2. The van der Waals surface area contributed by atoms with Gasteiger partial charge in [-0.25, -0.2) is 8.42 Å². The number of hydrogen-bond donors (Lipinski definition) is 0. The van der Waals surface area contributed by atoms with Gasteiger partial charge in [-0.1, -0.05) is 48.5 Å². The van der Waals surface area contributed by atoms with E-state index in [4.69, 9.17) is 0 Å². The van der Waals surface area contributed by atoms with Crippen LogP contribution in [0.5, 0.6) is 0 Å². The van der Waals surface area contributed by atoms with E-state index in [1.807, 2.05) is 54.3 Å². The second-order valence-corrected chi connectivity index (χ2v) is 10.8. The van der Waals surface area contributed by atoms with Crippen molar-refractivity contribution < 1.29 is 13.2 Å². The van der Waals surface area contributed by atoms with Crippen molar-refractivity contribution in [2.24, 2.45) is 0 Å². The predicted molar refractivity (Wildman–Crippen MR) is 139 cm³/mol. The summed E-state index contributed by atoms with van der Waals surface area (Å²) >= 11 is 0. The van der Waals surface area contributed by atoms with Crippen molar-refractivity contribution in [3.05, 3.63) is 95.3 Å². The molecular weight excluding hydrogens is 460 g/mol. The fourth-order valence-corrected chi connectivity index (χ4v) is 5.50. The summed E-state index contributed by atoms with van der Waals surface area (Å²) in [5.41, 5.74) is 3.87. The van der Waals surface area contributed by atoms with Gasteiger partial charge in [0.25, 0.3) is 5.91 Å². The zero-order valence-corrected chi connectivity index (χ0v) is 21.1. The molecule has 1 aliphatic rings. The average Bonchev–Trinajstić information content (AvgIpc) is 2.87. The number of hydrogen-bond acceptors (Lipinski definition) is 5. The molecule has 1 aromatic heterocycles. The van der Waals surface area contributed by atoms with Gasteiger partial charge in [0.15, 0.2) is 0 Å². The number of nitrogens with zero attached hydrogens (tertiary/aromatic N) is 4. The molecule has 4 rings (SSSR count). The summed E-state index contributed by atoms with van der Waals surface area (Å²) in [6.45, 7) is 5.19. The Bertz CT molecular complexity index is 1260. The molecule has 0 saturated carbocycles. The molecule has 7 nitrogen and oxygen atoms in total. The summed E-state index contributed by atoms with van der Waals surface area (Å²) in [4.78, 5) is 22.1. The Morgan fingerprint density at radius 3 is 2.40 bits per heavy atom. The van der Waals surface area contributed by atoms with E-state index in [9.17, 15) is 13.2 Å². The number of sulfonamides is 1. The summed E-state index contributed by atoms with van der Waals surface area (Å²) in [5, 5.41) is 0. The molecule has 0 bridgehead atoms. The minimum Gasteiger partial charge on any atom is -0.333 e. The third-order valence-corrected chi connectivity index (χ3v) is 7.50. The maximum Gasteiger partial charge on any atom is 0.256 e. The Morgan fingerprint density at radius 2 is 1.66 bits per heavy atom. The SMILES string of the molecule is Cc1ncccc1C(=O)N1CCN(Cc2ccccc2)CCCN(S(C)(=O)=O)c2ccccc2C1. The largest absolute Gasteiger partial charge is 0.333 e. The summed E-state index contributed by atoms with van der Waals surface area (Å²) < 4.78 is 27.0. The van der Waals surface area contributed by atoms with Crippen LogP contribution in [-0.2, 0) is 23.1 Å². The summed E-state index contributed by atoms with van der Waals surface area (Å²) in [7, 11) is -3.49. The van der Waals surface area contributed by atoms with Gasteiger partial charge >= 0.3 is 0 Å². The van der Waals surface area contributed by atoms with Crippen LogP contribution in [0.1, 0.15) is 33.6 Å². The highest BCUT2D eigenvalue weighted by atomic mass is 32.2. The first-order chi connectivity index (χ1) is 16.8. The fourth-order valence-electron chi connectivity index (χ4n) is 4.50. The molecule has 0 radical (unpaired) electrons. The van der Waals surface area contributed by atoms with Gasteiger partial charge in [0, 0.05) is 51.2 Å². The lowest BCUT2D eigenvalue weighted by atomic mass is 10.1. The lowest BCUT2D eigenvalue weighted by Gasteiger charge is -2.28. The molecule has 0 atom stereocenters. The van der Waals surface area contributed by atoms with Crippen molar-refractivity contribution in [3.63, 3.8) is 0 Å². The van der Waals surface area contributed by atoms with Crippen LogP contribution in [0, 0.1) is 6.92 Å². The fraction of sp³-hybridized carbons (Fsp3) is 0.333. The highest BCUT2D eigenvalue weighted by Crippen LogP contribution is 2.26. The number of pyridine rings is 1. The van der Waals surface area contributed by atoms with Gasteiger partial charge in [0.1, 0.15) is 0 Å². The van der Waals surface area contributed by atoms with Crippen molar-refractivity contribution in [3.8, 4) is 0 Å². The quantitative estimate of drug-likeness (QED) is 0.555. The molecule has 2 heterocycles. The summed E-state index contributed by atoms with van der Waals surface area (Å²) in [6.07, 6.45) is 3.61. The van der Waals surface area contributed by atoms with Gasteiger partial charge in [-0.3, -0.25) is 19.0 Å². The minimum atomic E-state index is -3.49. The van der Waals surface area contributed by atoms with Crippen molar-refractivity contribution in [2.75, 3.05) is 36.7 Å². The van der Waals surface area contributed by atoms with Crippen LogP contribution in [0.25, 0.3) is 0 Å². The van der Waals surface area contributed by atoms with Crippen molar-refractivity contribution in [2.45, 2.75) is 26.4 Å². The molecule has 0 unspecified atom stereocenters. The Hall–Kier alpha value is -3.23. The third-order valence-electron chi connectivity index (χ3n) is 6.32. The van der Waals surface area contributed by atoms with Crippen LogP contribution >= 0.6 is 0 Å². The van der Waals surface area contributed by atoms with Gasteiger partial charge in [-0.15, -0.1) is 0 Å². The first-order valence-electron chi connectivity index (χ1n) is 11.9. The Kier molecular flexibility index (Phi) is 7.83. The molecule has 1 amide bonds. The van der Waals surface area contributed by atoms with Crippen LogP contribution in [0.15, 0.2) is 72.9 Å². The lowest BCUT2D eigenvalue weighted by molar-refractivity contribution is 0.0719. The molecule has 0 fully saturated rings. The number of anilines is 1. The Balaban J connectivity index is 1.71. The van der Waals surface area contributed by atoms with E-state index in [1.165, 1.54) is 16.1 Å². The van der Waals surface area contributed by atoms with E-state index in [2.05, 4.69) is 22.0 Å². The van der Waals surface area contributed by atoms with E-state index in [0.29, 0.717) is 49.5 Å². The second kappa shape index (κ2) is 11.0. The zero-order chi connectivity index (χ0) is 24.8.